The molecule has 25 heavy (non-hydrogen) atoms. The van der Waals surface area contributed by atoms with Crippen LogP contribution in [0.1, 0.15) is 11.5 Å². The van der Waals surface area contributed by atoms with Gasteiger partial charge in [-0.2, -0.15) is 16.3 Å². The highest BCUT2D eigenvalue weighted by Gasteiger charge is 2.11. The minimum atomic E-state index is 0.397. The molecule has 0 radical (unpaired) electrons. The molecule has 0 fully saturated rings. The summed E-state index contributed by atoms with van der Waals surface area (Å²) in [5.41, 5.74) is 2.07. The Labute approximate surface area is 155 Å². The predicted molar refractivity (Wildman–Crippen MR) is 101 cm³/mol. The highest BCUT2D eigenvalue weighted by Crippen LogP contribution is 2.19. The zero-order valence-electron chi connectivity index (χ0n) is 13.9. The molecule has 2 aromatic heterocycles. The summed E-state index contributed by atoms with van der Waals surface area (Å²) < 4.78 is 5.30. The molecule has 0 atom stereocenters. The van der Waals surface area contributed by atoms with Crippen LogP contribution in [0.15, 0.2) is 50.6 Å². The molecule has 0 aliphatic rings. The number of hydrogen-bond acceptors (Lipinski definition) is 5. The molecule has 2 heterocycles. The summed E-state index contributed by atoms with van der Waals surface area (Å²) in [6.07, 6.45) is 0. The van der Waals surface area contributed by atoms with Gasteiger partial charge in [-0.05, 0) is 34.5 Å². The van der Waals surface area contributed by atoms with Crippen LogP contribution in [0.4, 0.5) is 0 Å². The number of aromatic nitrogens is 2. The van der Waals surface area contributed by atoms with E-state index in [0.717, 1.165) is 18.1 Å². The van der Waals surface area contributed by atoms with Gasteiger partial charge in [0.05, 0.1) is 6.54 Å². The van der Waals surface area contributed by atoms with Crippen LogP contribution < -0.4 is 5.32 Å². The first-order valence-corrected chi connectivity index (χ1v) is 8.99. The number of nitrogens with zero attached hydrogens (tertiary/aromatic N) is 4. The van der Waals surface area contributed by atoms with Gasteiger partial charge < -0.3 is 14.7 Å². The van der Waals surface area contributed by atoms with Crippen molar-refractivity contribution in [2.24, 2.45) is 4.99 Å². The zero-order chi connectivity index (χ0) is 17.6. The van der Waals surface area contributed by atoms with Gasteiger partial charge in [0.25, 0.3) is 0 Å². The SMILES string of the molecule is CN=C(NCc1nc(-c2cccc(Cl)c2)no1)N(C)Cc1ccsc1. The fourth-order valence-corrected chi connectivity index (χ4v) is 3.19. The Morgan fingerprint density at radius 2 is 2.28 bits per heavy atom. The van der Waals surface area contributed by atoms with E-state index in [1.807, 2.05) is 24.1 Å². The number of nitrogens with one attached hydrogen (secondary N) is 1. The number of guanidine groups is 1. The van der Waals surface area contributed by atoms with Crippen LogP contribution in [-0.4, -0.2) is 35.1 Å². The van der Waals surface area contributed by atoms with E-state index in [4.69, 9.17) is 16.1 Å². The van der Waals surface area contributed by atoms with Gasteiger partial charge in [0.15, 0.2) is 5.96 Å². The number of hydrogen-bond donors (Lipinski definition) is 1. The Bertz CT molecular complexity index is 846. The number of thiophene rings is 1. The second-order valence-electron chi connectivity index (χ2n) is 5.41. The van der Waals surface area contributed by atoms with Crippen molar-refractivity contribution in [3.05, 3.63) is 57.6 Å². The third-order valence-electron chi connectivity index (χ3n) is 3.52. The molecule has 130 valence electrons. The van der Waals surface area contributed by atoms with Crippen LogP contribution in [0.5, 0.6) is 0 Å². The lowest BCUT2D eigenvalue weighted by Crippen LogP contribution is -2.38. The van der Waals surface area contributed by atoms with Gasteiger partial charge in [0.1, 0.15) is 0 Å². The number of rotatable bonds is 5. The molecule has 8 heteroatoms. The Hall–Kier alpha value is -2.38. The van der Waals surface area contributed by atoms with E-state index in [2.05, 4.69) is 37.3 Å². The number of aliphatic imine (C=N–C) groups is 1. The van der Waals surface area contributed by atoms with Crippen molar-refractivity contribution in [2.45, 2.75) is 13.1 Å². The molecule has 6 nitrogen and oxygen atoms in total. The Morgan fingerprint density at radius 3 is 3.00 bits per heavy atom. The molecule has 0 spiro atoms. The monoisotopic (exact) mass is 375 g/mol. The van der Waals surface area contributed by atoms with Crippen LogP contribution >= 0.6 is 22.9 Å². The van der Waals surface area contributed by atoms with E-state index in [0.29, 0.717) is 23.3 Å². The smallest absolute Gasteiger partial charge is 0.246 e. The molecular weight excluding hydrogens is 358 g/mol. The third kappa shape index (κ3) is 4.58. The van der Waals surface area contributed by atoms with Gasteiger partial charge in [-0.25, -0.2) is 0 Å². The summed E-state index contributed by atoms with van der Waals surface area (Å²) in [7, 11) is 3.73. The molecule has 1 N–H and O–H groups in total. The molecule has 0 amide bonds. The lowest BCUT2D eigenvalue weighted by Gasteiger charge is -2.20. The van der Waals surface area contributed by atoms with Crippen molar-refractivity contribution in [3.8, 4) is 11.4 Å². The minimum Gasteiger partial charge on any atom is -0.347 e. The number of halogens is 1. The zero-order valence-corrected chi connectivity index (χ0v) is 15.5. The van der Waals surface area contributed by atoms with Crippen LogP contribution in [0, 0.1) is 0 Å². The second kappa shape index (κ2) is 8.13. The molecule has 0 aliphatic heterocycles. The molecule has 0 bridgehead atoms. The largest absolute Gasteiger partial charge is 0.347 e. The van der Waals surface area contributed by atoms with Crippen molar-refractivity contribution >= 4 is 28.9 Å². The van der Waals surface area contributed by atoms with Crippen LogP contribution in [0.25, 0.3) is 11.4 Å². The first kappa shape index (κ1) is 17.4. The topological polar surface area (TPSA) is 66.5 Å². The maximum atomic E-state index is 6.00. The highest BCUT2D eigenvalue weighted by molar-refractivity contribution is 7.07. The van der Waals surface area contributed by atoms with Crippen molar-refractivity contribution < 1.29 is 4.52 Å². The summed E-state index contributed by atoms with van der Waals surface area (Å²) in [6, 6.07) is 9.45. The number of benzene rings is 1. The van der Waals surface area contributed by atoms with E-state index in [1.165, 1.54) is 5.56 Å². The van der Waals surface area contributed by atoms with Crippen LogP contribution in [0.2, 0.25) is 5.02 Å². The summed E-state index contributed by atoms with van der Waals surface area (Å²) in [5.74, 6) is 1.76. The van der Waals surface area contributed by atoms with Gasteiger partial charge >= 0.3 is 0 Å². The molecular formula is C17H18ClN5OS. The summed E-state index contributed by atoms with van der Waals surface area (Å²) in [5, 5.41) is 12.1. The van der Waals surface area contributed by atoms with Crippen molar-refractivity contribution in [1.82, 2.24) is 20.4 Å². The highest BCUT2D eigenvalue weighted by atomic mass is 35.5. The van der Waals surface area contributed by atoms with Gasteiger partial charge in [-0.3, -0.25) is 4.99 Å². The standard InChI is InChI=1S/C17H18ClN5OS/c1-19-17(23(2)10-12-6-7-25-11-12)20-9-15-21-16(22-24-15)13-4-3-5-14(18)8-13/h3-8,11H,9-10H2,1-2H3,(H,19,20). The summed E-state index contributed by atoms with van der Waals surface area (Å²) in [4.78, 5) is 10.7. The maximum Gasteiger partial charge on any atom is 0.246 e. The average Bonchev–Trinajstić information content (AvgIpc) is 3.27. The van der Waals surface area contributed by atoms with E-state index in [1.54, 1.807) is 30.5 Å². The van der Waals surface area contributed by atoms with Crippen molar-refractivity contribution in [2.75, 3.05) is 14.1 Å². The molecule has 0 unspecified atom stereocenters. The van der Waals surface area contributed by atoms with Gasteiger partial charge in [-0.1, -0.05) is 28.9 Å². The lowest BCUT2D eigenvalue weighted by atomic mass is 10.2. The summed E-state index contributed by atoms with van der Waals surface area (Å²) in [6.45, 7) is 1.18. The molecule has 1 aromatic carbocycles. The van der Waals surface area contributed by atoms with Gasteiger partial charge in [0.2, 0.25) is 11.7 Å². The minimum absolute atomic E-state index is 0.397. The summed E-state index contributed by atoms with van der Waals surface area (Å²) >= 11 is 7.68. The van der Waals surface area contributed by atoms with Gasteiger partial charge in [-0.15, -0.1) is 0 Å². The van der Waals surface area contributed by atoms with Gasteiger partial charge in [0, 0.05) is 31.2 Å². The first-order valence-electron chi connectivity index (χ1n) is 7.67. The molecule has 0 saturated heterocycles. The average molecular weight is 376 g/mol. The predicted octanol–water partition coefficient (Wildman–Crippen LogP) is 3.66. The normalized spacial score (nSPS) is 11.6. The third-order valence-corrected chi connectivity index (χ3v) is 4.49. The first-order chi connectivity index (χ1) is 12.2. The quantitative estimate of drug-likeness (QED) is 0.544. The van der Waals surface area contributed by atoms with Crippen LogP contribution in [0.3, 0.4) is 0 Å². The maximum absolute atomic E-state index is 6.00. The molecule has 3 aromatic rings. The van der Waals surface area contributed by atoms with Crippen molar-refractivity contribution in [3.63, 3.8) is 0 Å². The Balaban J connectivity index is 1.61. The van der Waals surface area contributed by atoms with Crippen molar-refractivity contribution in [1.29, 1.82) is 0 Å². The Morgan fingerprint density at radius 1 is 1.40 bits per heavy atom. The second-order valence-corrected chi connectivity index (χ2v) is 6.63. The van der Waals surface area contributed by atoms with E-state index in [9.17, 15) is 0 Å². The lowest BCUT2D eigenvalue weighted by molar-refractivity contribution is 0.371. The molecule has 0 saturated carbocycles. The fraction of sp³-hybridized carbons (Fsp3) is 0.235. The molecule has 3 rings (SSSR count). The Kier molecular flexibility index (Phi) is 5.67. The van der Waals surface area contributed by atoms with E-state index < -0.39 is 0 Å². The fourth-order valence-electron chi connectivity index (χ4n) is 2.34. The molecule has 0 aliphatic carbocycles. The van der Waals surface area contributed by atoms with Crippen LogP contribution in [-0.2, 0) is 13.1 Å². The van der Waals surface area contributed by atoms with E-state index in [-0.39, 0.29) is 0 Å². The van der Waals surface area contributed by atoms with E-state index >= 15 is 0 Å².